The lowest BCUT2D eigenvalue weighted by atomic mass is 9.85. The van der Waals surface area contributed by atoms with Gasteiger partial charge in [-0.25, -0.2) is 0 Å². The second-order valence-electron chi connectivity index (χ2n) is 7.84. The lowest BCUT2D eigenvalue weighted by Gasteiger charge is -2.25. The fraction of sp³-hybridized carbons (Fsp3) is 0.556. The van der Waals surface area contributed by atoms with Gasteiger partial charge in [-0.1, -0.05) is 41.5 Å². The molecule has 0 aliphatic heterocycles. The van der Waals surface area contributed by atoms with Gasteiger partial charge in [-0.15, -0.1) is 0 Å². The van der Waals surface area contributed by atoms with Gasteiger partial charge < -0.3 is 14.9 Å². The molecular formula is C18H27NO2. The van der Waals surface area contributed by atoms with Crippen molar-refractivity contribution in [3.8, 4) is 5.75 Å². The number of furan rings is 1. The highest BCUT2D eigenvalue weighted by Crippen LogP contribution is 2.39. The Morgan fingerprint density at radius 3 is 2.14 bits per heavy atom. The number of hydrogen-bond acceptors (Lipinski definition) is 3. The summed E-state index contributed by atoms with van der Waals surface area (Å²) in [5.41, 5.74) is 8.34. The van der Waals surface area contributed by atoms with Crippen LogP contribution in [0.2, 0.25) is 0 Å². The van der Waals surface area contributed by atoms with Crippen molar-refractivity contribution >= 4 is 11.0 Å². The minimum Gasteiger partial charge on any atom is -0.497 e. The lowest BCUT2D eigenvalue weighted by molar-refractivity contribution is 0.289. The second kappa shape index (κ2) is 5.06. The molecule has 1 heterocycles. The van der Waals surface area contributed by atoms with Crippen LogP contribution in [0.25, 0.3) is 11.0 Å². The van der Waals surface area contributed by atoms with Crippen LogP contribution in [-0.4, -0.2) is 7.11 Å². The van der Waals surface area contributed by atoms with Crippen LogP contribution in [0, 0.1) is 5.41 Å². The highest BCUT2D eigenvalue weighted by atomic mass is 16.5. The summed E-state index contributed by atoms with van der Waals surface area (Å²) in [5, 5.41) is 1.05. The van der Waals surface area contributed by atoms with Gasteiger partial charge in [0.1, 0.15) is 17.1 Å². The predicted octanol–water partition coefficient (Wildman–Crippen LogP) is 4.78. The Hall–Kier alpha value is -1.48. The lowest BCUT2D eigenvalue weighted by Crippen LogP contribution is -2.25. The van der Waals surface area contributed by atoms with Crippen LogP contribution in [-0.2, 0) is 5.41 Å². The molecule has 2 N–H and O–H groups in total. The SMILES string of the molecule is COc1cc(C(C)(C)C)c2oc(C(N)C(C)(C)C)cc2c1. The Bertz CT molecular complexity index is 642. The van der Waals surface area contributed by atoms with Crippen LogP contribution >= 0.6 is 0 Å². The normalized spacial score (nSPS) is 14.5. The molecule has 1 aromatic heterocycles. The molecule has 0 saturated carbocycles. The first-order valence-electron chi connectivity index (χ1n) is 7.41. The van der Waals surface area contributed by atoms with Gasteiger partial charge >= 0.3 is 0 Å². The van der Waals surface area contributed by atoms with Crippen LogP contribution in [0.15, 0.2) is 22.6 Å². The van der Waals surface area contributed by atoms with E-state index in [1.54, 1.807) is 7.11 Å². The van der Waals surface area contributed by atoms with Crippen LogP contribution in [0.5, 0.6) is 5.75 Å². The molecule has 1 unspecified atom stereocenters. The fourth-order valence-corrected chi connectivity index (χ4v) is 2.40. The van der Waals surface area contributed by atoms with Gasteiger partial charge in [-0.05, 0) is 29.0 Å². The molecule has 2 rings (SSSR count). The average Bonchev–Trinajstić information content (AvgIpc) is 2.77. The van der Waals surface area contributed by atoms with Crippen molar-refractivity contribution in [2.75, 3.05) is 7.11 Å². The summed E-state index contributed by atoms with van der Waals surface area (Å²) in [6.07, 6.45) is 0. The Kier molecular flexibility index (Phi) is 3.83. The molecule has 116 valence electrons. The molecule has 21 heavy (non-hydrogen) atoms. The molecule has 3 nitrogen and oxygen atoms in total. The minimum atomic E-state index is -0.135. The smallest absolute Gasteiger partial charge is 0.138 e. The molecular weight excluding hydrogens is 262 g/mol. The van der Waals surface area contributed by atoms with E-state index in [2.05, 4.69) is 47.6 Å². The van der Waals surface area contributed by atoms with Crippen LogP contribution < -0.4 is 10.5 Å². The standard InChI is InChI=1S/C18H27NO2/c1-17(2,3)13-10-12(20-7)8-11-9-14(21-15(11)13)16(19)18(4,5)6/h8-10,16H,19H2,1-7H3. The summed E-state index contributed by atoms with van der Waals surface area (Å²) in [5.74, 6) is 1.68. The average molecular weight is 289 g/mol. The molecule has 0 amide bonds. The van der Waals surface area contributed by atoms with Crippen molar-refractivity contribution < 1.29 is 9.15 Å². The maximum atomic E-state index is 6.34. The molecule has 1 atom stereocenters. The number of rotatable bonds is 2. The molecule has 2 aromatic rings. The summed E-state index contributed by atoms with van der Waals surface area (Å²) in [6.45, 7) is 12.9. The van der Waals surface area contributed by atoms with Crippen molar-refractivity contribution in [1.82, 2.24) is 0 Å². The predicted molar refractivity (Wildman–Crippen MR) is 87.8 cm³/mol. The van der Waals surface area contributed by atoms with Gasteiger partial charge in [0.25, 0.3) is 0 Å². The molecule has 0 aliphatic carbocycles. The summed E-state index contributed by atoms with van der Waals surface area (Å²) >= 11 is 0. The molecule has 0 spiro atoms. The molecule has 0 radical (unpaired) electrons. The number of ether oxygens (including phenoxy) is 1. The van der Waals surface area contributed by atoms with Crippen molar-refractivity contribution in [3.05, 3.63) is 29.5 Å². The molecule has 0 aliphatic rings. The van der Waals surface area contributed by atoms with Gasteiger partial charge in [0.15, 0.2) is 0 Å². The van der Waals surface area contributed by atoms with E-state index in [1.807, 2.05) is 12.1 Å². The van der Waals surface area contributed by atoms with Crippen LogP contribution in [0.4, 0.5) is 0 Å². The van der Waals surface area contributed by atoms with E-state index in [-0.39, 0.29) is 16.9 Å². The summed E-state index contributed by atoms with van der Waals surface area (Å²) in [7, 11) is 1.69. The first kappa shape index (κ1) is 15.9. The van der Waals surface area contributed by atoms with Crippen LogP contribution in [0.3, 0.4) is 0 Å². The van der Waals surface area contributed by atoms with E-state index in [0.29, 0.717) is 0 Å². The number of hydrogen-bond donors (Lipinski definition) is 1. The molecule has 0 bridgehead atoms. The largest absolute Gasteiger partial charge is 0.497 e. The Balaban J connectivity index is 2.67. The second-order valence-corrected chi connectivity index (χ2v) is 7.84. The number of nitrogens with two attached hydrogens (primary N) is 1. The third-order valence-electron chi connectivity index (χ3n) is 3.89. The molecule has 1 aromatic carbocycles. The Labute approximate surface area is 127 Å². The maximum Gasteiger partial charge on any atom is 0.138 e. The van der Waals surface area contributed by atoms with E-state index < -0.39 is 0 Å². The monoisotopic (exact) mass is 289 g/mol. The number of benzene rings is 1. The summed E-state index contributed by atoms with van der Waals surface area (Å²) in [6, 6.07) is 5.97. The summed E-state index contributed by atoms with van der Waals surface area (Å²) in [4.78, 5) is 0. The van der Waals surface area contributed by atoms with E-state index in [1.165, 1.54) is 0 Å². The van der Waals surface area contributed by atoms with Gasteiger partial charge in [-0.3, -0.25) is 0 Å². The van der Waals surface area contributed by atoms with Gasteiger partial charge in [0.2, 0.25) is 0 Å². The first-order chi connectivity index (χ1) is 9.54. The van der Waals surface area contributed by atoms with Crippen LogP contribution in [0.1, 0.15) is 58.9 Å². The Morgan fingerprint density at radius 2 is 1.67 bits per heavy atom. The third kappa shape index (κ3) is 3.08. The van der Waals surface area contributed by atoms with Gasteiger partial charge in [0, 0.05) is 10.9 Å². The van der Waals surface area contributed by atoms with Crippen molar-refractivity contribution in [1.29, 1.82) is 0 Å². The van der Waals surface area contributed by atoms with E-state index in [9.17, 15) is 0 Å². The maximum absolute atomic E-state index is 6.34. The van der Waals surface area contributed by atoms with Crippen molar-refractivity contribution in [3.63, 3.8) is 0 Å². The number of methoxy groups -OCH3 is 1. The Morgan fingerprint density at radius 1 is 1.05 bits per heavy atom. The fourth-order valence-electron chi connectivity index (χ4n) is 2.40. The van der Waals surface area contributed by atoms with Crippen molar-refractivity contribution in [2.24, 2.45) is 11.1 Å². The number of fused-ring (bicyclic) bond motifs is 1. The quantitative estimate of drug-likeness (QED) is 0.865. The topological polar surface area (TPSA) is 48.4 Å². The van der Waals surface area contributed by atoms with Crippen molar-refractivity contribution in [2.45, 2.75) is 53.0 Å². The zero-order valence-electron chi connectivity index (χ0n) is 14.2. The summed E-state index contributed by atoms with van der Waals surface area (Å²) < 4.78 is 11.6. The minimum absolute atomic E-state index is 0.0201. The zero-order valence-corrected chi connectivity index (χ0v) is 14.2. The third-order valence-corrected chi connectivity index (χ3v) is 3.89. The highest BCUT2D eigenvalue weighted by molar-refractivity contribution is 5.84. The molecule has 0 fully saturated rings. The van der Waals surface area contributed by atoms with E-state index in [4.69, 9.17) is 14.9 Å². The van der Waals surface area contributed by atoms with Gasteiger partial charge in [0.05, 0.1) is 13.2 Å². The van der Waals surface area contributed by atoms with E-state index >= 15 is 0 Å². The first-order valence-corrected chi connectivity index (χ1v) is 7.41. The van der Waals surface area contributed by atoms with Gasteiger partial charge in [-0.2, -0.15) is 0 Å². The highest BCUT2D eigenvalue weighted by Gasteiger charge is 2.27. The molecule has 3 heteroatoms. The zero-order chi connectivity index (χ0) is 16.0. The van der Waals surface area contributed by atoms with E-state index in [0.717, 1.165) is 28.0 Å². The molecule has 0 saturated heterocycles.